The van der Waals surface area contributed by atoms with E-state index in [0.717, 1.165) is 38.5 Å². The third-order valence-electron chi connectivity index (χ3n) is 5.80. The zero-order valence-electron chi connectivity index (χ0n) is 20.3. The topological polar surface area (TPSA) is 105 Å². The third-order valence-corrected chi connectivity index (χ3v) is 5.80. The van der Waals surface area contributed by atoms with E-state index in [0.29, 0.717) is 35.7 Å². The summed E-state index contributed by atoms with van der Waals surface area (Å²) in [5.74, 6) is 0.471. The summed E-state index contributed by atoms with van der Waals surface area (Å²) >= 11 is 0. The molecular formula is C28H40N2O4. The van der Waals surface area contributed by atoms with Crippen LogP contribution in [0.25, 0.3) is 0 Å². The Kier molecular flexibility index (Phi) is 13.3. The van der Waals surface area contributed by atoms with Gasteiger partial charge in [-0.2, -0.15) is 0 Å². The number of nitrogen functional groups attached to an aromatic ring is 2. The first kappa shape index (κ1) is 27.2. The molecule has 0 aliphatic carbocycles. The monoisotopic (exact) mass is 468 g/mol. The van der Waals surface area contributed by atoms with Gasteiger partial charge in [0.05, 0.1) is 11.4 Å². The van der Waals surface area contributed by atoms with Crippen LogP contribution in [0.15, 0.2) is 48.5 Å². The van der Waals surface area contributed by atoms with Gasteiger partial charge in [-0.1, -0.05) is 88.5 Å². The van der Waals surface area contributed by atoms with E-state index in [2.05, 4.69) is 0 Å². The number of carbonyl (C=O) groups excluding carboxylic acids is 2. The second-order valence-corrected chi connectivity index (χ2v) is 8.77. The van der Waals surface area contributed by atoms with Gasteiger partial charge in [0.1, 0.15) is 0 Å². The van der Waals surface area contributed by atoms with Crippen molar-refractivity contribution in [3.63, 3.8) is 0 Å². The lowest BCUT2D eigenvalue weighted by molar-refractivity contribution is -0.135. The highest BCUT2D eigenvalue weighted by atomic mass is 16.5. The highest BCUT2D eigenvalue weighted by Crippen LogP contribution is 2.22. The first-order chi connectivity index (χ1) is 16.6. The molecular weight excluding hydrogens is 428 g/mol. The minimum atomic E-state index is -0.212. The van der Waals surface area contributed by atoms with Crippen LogP contribution in [0.3, 0.4) is 0 Å². The van der Waals surface area contributed by atoms with Crippen LogP contribution in [0.1, 0.15) is 89.9 Å². The van der Waals surface area contributed by atoms with Gasteiger partial charge in [0.15, 0.2) is 11.5 Å². The predicted octanol–water partition coefficient (Wildman–Crippen LogP) is 6.82. The number of nitrogens with two attached hydrogens (primary N) is 2. The summed E-state index contributed by atoms with van der Waals surface area (Å²) in [5.41, 5.74) is 12.6. The van der Waals surface area contributed by atoms with E-state index in [-0.39, 0.29) is 11.9 Å². The number of rotatable bonds is 17. The standard InChI is InChI=1S/C28H40N2O4/c29-23-17-13-15-19-25(23)33-27(31)21-11-9-7-5-3-1-2-4-6-8-10-12-22-28(32)34-26-20-16-14-18-24(26)30/h13-20H,1-12,21-22,29-30H2. The number of anilines is 2. The molecule has 0 spiro atoms. The van der Waals surface area contributed by atoms with E-state index in [9.17, 15) is 9.59 Å². The quantitative estimate of drug-likeness (QED) is 0.114. The van der Waals surface area contributed by atoms with Gasteiger partial charge in [-0.15, -0.1) is 0 Å². The highest BCUT2D eigenvalue weighted by Gasteiger charge is 2.08. The van der Waals surface area contributed by atoms with Gasteiger partial charge in [0, 0.05) is 12.8 Å². The highest BCUT2D eigenvalue weighted by molar-refractivity contribution is 5.75. The summed E-state index contributed by atoms with van der Waals surface area (Å²) in [6.45, 7) is 0. The van der Waals surface area contributed by atoms with E-state index in [4.69, 9.17) is 20.9 Å². The lowest BCUT2D eigenvalue weighted by Crippen LogP contribution is -2.08. The Morgan fingerprint density at radius 3 is 1.12 bits per heavy atom. The van der Waals surface area contributed by atoms with Crippen molar-refractivity contribution in [3.8, 4) is 11.5 Å². The van der Waals surface area contributed by atoms with Crippen molar-refractivity contribution in [2.45, 2.75) is 89.9 Å². The minimum absolute atomic E-state index is 0.212. The fraction of sp³-hybridized carbons (Fsp3) is 0.500. The van der Waals surface area contributed by atoms with Crippen LogP contribution >= 0.6 is 0 Å². The summed E-state index contributed by atoms with van der Waals surface area (Å²) in [6.07, 6.45) is 14.5. The molecule has 6 nitrogen and oxygen atoms in total. The van der Waals surface area contributed by atoms with Crippen molar-refractivity contribution in [1.29, 1.82) is 0 Å². The fourth-order valence-electron chi connectivity index (χ4n) is 3.80. The number of hydrogen-bond donors (Lipinski definition) is 2. The van der Waals surface area contributed by atoms with Gasteiger partial charge < -0.3 is 20.9 Å². The first-order valence-corrected chi connectivity index (χ1v) is 12.7. The van der Waals surface area contributed by atoms with Crippen LogP contribution in [-0.4, -0.2) is 11.9 Å². The fourth-order valence-corrected chi connectivity index (χ4v) is 3.80. The normalized spacial score (nSPS) is 10.7. The molecule has 6 heteroatoms. The van der Waals surface area contributed by atoms with Gasteiger partial charge in [0.2, 0.25) is 0 Å². The Labute approximate surface area is 204 Å². The lowest BCUT2D eigenvalue weighted by atomic mass is 10.0. The van der Waals surface area contributed by atoms with E-state index in [1.165, 1.54) is 38.5 Å². The molecule has 0 atom stereocenters. The minimum Gasteiger partial charge on any atom is -0.424 e. The lowest BCUT2D eigenvalue weighted by Gasteiger charge is -2.07. The molecule has 0 aliphatic heterocycles. The molecule has 0 aliphatic rings. The molecule has 2 aromatic carbocycles. The molecule has 0 heterocycles. The number of carbonyl (C=O) groups is 2. The summed E-state index contributed by atoms with van der Waals surface area (Å²) in [6, 6.07) is 14.1. The van der Waals surface area contributed by atoms with Crippen LogP contribution < -0.4 is 20.9 Å². The smallest absolute Gasteiger partial charge is 0.311 e. The second kappa shape index (κ2) is 16.6. The zero-order chi connectivity index (χ0) is 24.4. The summed E-state index contributed by atoms with van der Waals surface area (Å²) in [4.78, 5) is 23.8. The Balaban J connectivity index is 1.33. The zero-order valence-corrected chi connectivity index (χ0v) is 20.3. The van der Waals surface area contributed by atoms with Gasteiger partial charge in [-0.05, 0) is 37.1 Å². The first-order valence-electron chi connectivity index (χ1n) is 12.7. The maximum atomic E-state index is 11.9. The molecule has 0 saturated heterocycles. The molecule has 0 amide bonds. The van der Waals surface area contributed by atoms with Crippen molar-refractivity contribution in [2.75, 3.05) is 11.5 Å². The van der Waals surface area contributed by atoms with Crippen molar-refractivity contribution in [1.82, 2.24) is 0 Å². The molecule has 34 heavy (non-hydrogen) atoms. The van der Waals surface area contributed by atoms with Gasteiger partial charge in [-0.25, -0.2) is 0 Å². The number of hydrogen-bond acceptors (Lipinski definition) is 6. The summed E-state index contributed by atoms with van der Waals surface area (Å²) < 4.78 is 10.6. The van der Waals surface area contributed by atoms with E-state index < -0.39 is 0 Å². The Hall–Kier alpha value is -3.02. The van der Waals surface area contributed by atoms with E-state index in [1.54, 1.807) is 24.3 Å². The number of para-hydroxylation sites is 4. The molecule has 0 aromatic heterocycles. The Morgan fingerprint density at radius 2 is 0.794 bits per heavy atom. The maximum Gasteiger partial charge on any atom is 0.311 e. The Bertz CT molecular complexity index is 797. The third kappa shape index (κ3) is 11.7. The Morgan fingerprint density at radius 1 is 0.500 bits per heavy atom. The molecule has 0 fully saturated rings. The summed E-state index contributed by atoms with van der Waals surface area (Å²) in [7, 11) is 0. The SMILES string of the molecule is Nc1ccccc1OC(=O)CCCCCCCCCCCCCCC(=O)Oc1ccccc1N. The number of esters is 2. The van der Waals surface area contributed by atoms with Crippen molar-refractivity contribution in [2.24, 2.45) is 0 Å². The molecule has 2 aromatic rings. The maximum absolute atomic E-state index is 11.9. The van der Waals surface area contributed by atoms with Crippen LogP contribution in [0, 0.1) is 0 Å². The van der Waals surface area contributed by atoms with E-state index in [1.807, 2.05) is 24.3 Å². The molecule has 0 bridgehead atoms. The van der Waals surface area contributed by atoms with Crippen LogP contribution in [-0.2, 0) is 9.59 Å². The molecule has 0 saturated carbocycles. The van der Waals surface area contributed by atoms with Crippen LogP contribution in [0.2, 0.25) is 0 Å². The van der Waals surface area contributed by atoms with Gasteiger partial charge >= 0.3 is 11.9 Å². The van der Waals surface area contributed by atoms with Crippen LogP contribution in [0.4, 0.5) is 11.4 Å². The summed E-state index contributed by atoms with van der Waals surface area (Å²) in [5, 5.41) is 0. The molecule has 4 N–H and O–H groups in total. The van der Waals surface area contributed by atoms with E-state index >= 15 is 0 Å². The number of benzene rings is 2. The average Bonchev–Trinajstić information content (AvgIpc) is 2.82. The molecule has 0 unspecified atom stereocenters. The van der Waals surface area contributed by atoms with Crippen molar-refractivity contribution < 1.29 is 19.1 Å². The van der Waals surface area contributed by atoms with Gasteiger partial charge in [0.25, 0.3) is 0 Å². The molecule has 186 valence electrons. The molecule has 2 rings (SSSR count). The molecule has 0 radical (unpaired) electrons. The predicted molar refractivity (Wildman–Crippen MR) is 138 cm³/mol. The van der Waals surface area contributed by atoms with Crippen LogP contribution in [0.5, 0.6) is 11.5 Å². The van der Waals surface area contributed by atoms with Crippen molar-refractivity contribution >= 4 is 23.3 Å². The van der Waals surface area contributed by atoms with Gasteiger partial charge in [-0.3, -0.25) is 9.59 Å². The number of ether oxygens (including phenoxy) is 2. The average molecular weight is 469 g/mol. The van der Waals surface area contributed by atoms with Crippen molar-refractivity contribution in [3.05, 3.63) is 48.5 Å². The second-order valence-electron chi connectivity index (χ2n) is 8.77. The largest absolute Gasteiger partial charge is 0.424 e. The number of unbranched alkanes of at least 4 members (excludes halogenated alkanes) is 11.